The van der Waals surface area contributed by atoms with Crippen molar-refractivity contribution in [1.82, 2.24) is 15.1 Å². The highest BCUT2D eigenvalue weighted by Crippen LogP contribution is 2.41. The Bertz CT molecular complexity index is 1000. The van der Waals surface area contributed by atoms with E-state index in [1.807, 2.05) is 30.3 Å². The van der Waals surface area contributed by atoms with Crippen molar-refractivity contribution in [3.05, 3.63) is 69.2 Å². The highest BCUT2D eigenvalue weighted by Gasteiger charge is 2.39. The molecule has 1 unspecified atom stereocenters. The Hall–Kier alpha value is -2.08. The third-order valence-electron chi connectivity index (χ3n) is 7.38. The van der Waals surface area contributed by atoms with Gasteiger partial charge in [0.1, 0.15) is 0 Å². The van der Waals surface area contributed by atoms with Gasteiger partial charge in [0, 0.05) is 34.7 Å². The van der Waals surface area contributed by atoms with Crippen molar-refractivity contribution >= 4 is 35.5 Å². The first-order valence-electron chi connectivity index (χ1n) is 12.8. The lowest BCUT2D eigenvalue weighted by molar-refractivity contribution is -0.109. The van der Waals surface area contributed by atoms with Gasteiger partial charge >= 0.3 is 0 Å². The maximum atomic E-state index is 13.2. The summed E-state index contributed by atoms with van der Waals surface area (Å²) >= 11 is 12.6. The van der Waals surface area contributed by atoms with Crippen LogP contribution >= 0.6 is 23.2 Å². The van der Waals surface area contributed by atoms with Crippen LogP contribution in [-0.2, 0) is 11.2 Å². The van der Waals surface area contributed by atoms with Gasteiger partial charge in [0.25, 0.3) is 5.91 Å². The summed E-state index contributed by atoms with van der Waals surface area (Å²) in [5.41, 5.74) is 2.94. The SMILES string of the molecule is O=C1c2ccccc2CC(c2ccc(Cl)cc2Cl)N1C1CCCC1.O=CNCCN1CCCCC1. The number of amides is 2. The van der Waals surface area contributed by atoms with Crippen molar-refractivity contribution in [1.29, 1.82) is 0 Å². The minimum absolute atomic E-state index is 0.0136. The van der Waals surface area contributed by atoms with Crippen LogP contribution < -0.4 is 5.32 Å². The van der Waals surface area contributed by atoms with Gasteiger partial charge in [0.2, 0.25) is 6.41 Å². The number of hydrogen-bond acceptors (Lipinski definition) is 3. The standard InChI is InChI=1S/C20H19Cl2NO.C8H16N2O/c21-14-9-10-17(18(22)12-14)19-11-13-5-1-4-8-16(13)20(24)23(19)15-6-2-3-7-15;11-8-9-4-7-10-5-2-1-3-6-10/h1,4-5,8-10,12,15,19H,2-3,6-7,11H2;8H,1-7H2,(H,9,11). The van der Waals surface area contributed by atoms with Crippen LogP contribution in [0.2, 0.25) is 10.0 Å². The summed E-state index contributed by atoms with van der Waals surface area (Å²) in [6, 6.07) is 13.8. The average molecular weight is 517 g/mol. The van der Waals surface area contributed by atoms with Crippen molar-refractivity contribution in [2.24, 2.45) is 0 Å². The quantitative estimate of drug-likeness (QED) is 0.385. The molecule has 1 atom stereocenters. The summed E-state index contributed by atoms with van der Waals surface area (Å²) < 4.78 is 0. The van der Waals surface area contributed by atoms with Gasteiger partial charge in [-0.3, -0.25) is 9.59 Å². The van der Waals surface area contributed by atoms with Crippen LogP contribution in [0.25, 0.3) is 0 Å². The molecule has 0 radical (unpaired) electrons. The second-order valence-corrected chi connectivity index (χ2v) is 10.5. The molecule has 7 heteroatoms. The molecule has 188 valence electrons. The third-order valence-corrected chi connectivity index (χ3v) is 7.94. The van der Waals surface area contributed by atoms with E-state index in [-0.39, 0.29) is 11.9 Å². The van der Waals surface area contributed by atoms with Gasteiger partial charge in [-0.25, -0.2) is 0 Å². The van der Waals surface area contributed by atoms with Crippen molar-refractivity contribution < 1.29 is 9.59 Å². The van der Waals surface area contributed by atoms with Crippen molar-refractivity contribution in [2.75, 3.05) is 26.2 Å². The van der Waals surface area contributed by atoms with E-state index < -0.39 is 0 Å². The summed E-state index contributed by atoms with van der Waals surface area (Å²) in [6.45, 7) is 4.23. The fourth-order valence-electron chi connectivity index (χ4n) is 5.59. The molecular formula is C28H35Cl2N3O2. The molecule has 2 fully saturated rings. The number of halogens is 2. The molecule has 3 aliphatic rings. The summed E-state index contributed by atoms with van der Waals surface area (Å²) in [5.74, 6) is 0.139. The Labute approximate surface area is 218 Å². The molecule has 5 rings (SSSR count). The summed E-state index contributed by atoms with van der Waals surface area (Å²) in [6.07, 6.45) is 10.1. The predicted octanol–water partition coefficient (Wildman–Crippen LogP) is 5.89. The summed E-state index contributed by atoms with van der Waals surface area (Å²) in [7, 11) is 0. The molecule has 2 aromatic carbocycles. The number of rotatable bonds is 6. The predicted molar refractivity (Wildman–Crippen MR) is 142 cm³/mol. The Kier molecular flexibility index (Phi) is 9.47. The topological polar surface area (TPSA) is 52.7 Å². The lowest BCUT2D eigenvalue weighted by Crippen LogP contribution is -2.45. The Morgan fingerprint density at radius 3 is 2.43 bits per heavy atom. The maximum absolute atomic E-state index is 13.2. The number of benzene rings is 2. The molecule has 0 bridgehead atoms. The van der Waals surface area contributed by atoms with E-state index >= 15 is 0 Å². The highest BCUT2D eigenvalue weighted by atomic mass is 35.5. The lowest BCUT2D eigenvalue weighted by Gasteiger charge is -2.41. The smallest absolute Gasteiger partial charge is 0.254 e. The van der Waals surface area contributed by atoms with Gasteiger partial charge in [-0.15, -0.1) is 0 Å². The van der Waals surface area contributed by atoms with Crippen molar-refractivity contribution in [3.63, 3.8) is 0 Å². The molecule has 1 saturated heterocycles. The Morgan fingerprint density at radius 2 is 1.71 bits per heavy atom. The van der Waals surface area contributed by atoms with E-state index in [4.69, 9.17) is 23.2 Å². The minimum atomic E-state index is -0.0136. The summed E-state index contributed by atoms with van der Waals surface area (Å²) in [5, 5.41) is 3.94. The normalized spacial score (nSPS) is 20.7. The maximum Gasteiger partial charge on any atom is 0.254 e. The number of hydrogen-bond donors (Lipinski definition) is 1. The van der Waals surface area contributed by atoms with E-state index in [0.29, 0.717) is 16.1 Å². The molecule has 2 amide bonds. The largest absolute Gasteiger partial charge is 0.357 e. The zero-order chi connectivity index (χ0) is 24.6. The molecule has 1 N–H and O–H groups in total. The van der Waals surface area contributed by atoms with E-state index in [2.05, 4.69) is 21.2 Å². The van der Waals surface area contributed by atoms with Gasteiger partial charge in [0.05, 0.1) is 6.04 Å². The second-order valence-electron chi connectivity index (χ2n) is 9.67. The monoisotopic (exact) mass is 515 g/mol. The van der Waals surface area contributed by atoms with Crippen LogP contribution in [-0.4, -0.2) is 54.3 Å². The third kappa shape index (κ3) is 6.58. The van der Waals surface area contributed by atoms with E-state index in [1.165, 1.54) is 45.2 Å². The van der Waals surface area contributed by atoms with E-state index in [0.717, 1.165) is 55.5 Å². The number of carbonyl (C=O) groups is 2. The summed E-state index contributed by atoms with van der Waals surface area (Å²) in [4.78, 5) is 27.6. The average Bonchev–Trinajstić information content (AvgIpc) is 3.40. The van der Waals surface area contributed by atoms with Crippen LogP contribution in [0.15, 0.2) is 42.5 Å². The first-order valence-corrected chi connectivity index (χ1v) is 13.6. The zero-order valence-corrected chi connectivity index (χ0v) is 21.7. The van der Waals surface area contributed by atoms with Crippen LogP contribution in [0.5, 0.6) is 0 Å². The number of nitrogens with one attached hydrogen (secondary N) is 1. The van der Waals surface area contributed by atoms with Gasteiger partial charge in [0.15, 0.2) is 0 Å². The Morgan fingerprint density at radius 1 is 0.971 bits per heavy atom. The van der Waals surface area contributed by atoms with Crippen molar-refractivity contribution in [3.8, 4) is 0 Å². The second kappa shape index (κ2) is 12.8. The van der Waals surface area contributed by atoms with Crippen LogP contribution in [0, 0.1) is 0 Å². The molecule has 0 spiro atoms. The van der Waals surface area contributed by atoms with E-state index in [9.17, 15) is 9.59 Å². The number of fused-ring (bicyclic) bond motifs is 1. The van der Waals surface area contributed by atoms with Crippen LogP contribution in [0.4, 0.5) is 0 Å². The molecule has 2 heterocycles. The molecule has 2 aromatic rings. The van der Waals surface area contributed by atoms with E-state index in [1.54, 1.807) is 6.07 Å². The minimum Gasteiger partial charge on any atom is -0.357 e. The number of piperidine rings is 1. The number of carbonyl (C=O) groups excluding carboxylic acids is 2. The van der Waals surface area contributed by atoms with Gasteiger partial charge in [-0.1, -0.05) is 66.7 Å². The first kappa shape index (κ1) is 26.0. The lowest BCUT2D eigenvalue weighted by atomic mass is 9.88. The number of likely N-dealkylation sites (tertiary alicyclic amines) is 1. The fourth-order valence-corrected chi connectivity index (χ4v) is 6.13. The van der Waals surface area contributed by atoms with Gasteiger partial charge in [-0.05, 0) is 74.5 Å². The van der Waals surface area contributed by atoms with Gasteiger partial charge in [-0.2, -0.15) is 0 Å². The molecular weight excluding hydrogens is 481 g/mol. The highest BCUT2D eigenvalue weighted by molar-refractivity contribution is 6.35. The molecule has 35 heavy (non-hydrogen) atoms. The number of nitrogens with zero attached hydrogens (tertiary/aromatic N) is 2. The first-order chi connectivity index (χ1) is 17.1. The zero-order valence-electron chi connectivity index (χ0n) is 20.2. The van der Waals surface area contributed by atoms with Crippen LogP contribution in [0.3, 0.4) is 0 Å². The van der Waals surface area contributed by atoms with Gasteiger partial charge < -0.3 is 15.1 Å². The van der Waals surface area contributed by atoms with Crippen molar-refractivity contribution in [2.45, 2.75) is 63.5 Å². The Balaban J connectivity index is 0.000000221. The molecule has 2 aliphatic heterocycles. The molecule has 5 nitrogen and oxygen atoms in total. The van der Waals surface area contributed by atoms with Crippen LogP contribution in [0.1, 0.15) is 72.5 Å². The fraction of sp³-hybridized carbons (Fsp3) is 0.500. The molecule has 1 aliphatic carbocycles. The molecule has 1 saturated carbocycles. The molecule has 0 aromatic heterocycles.